The first kappa shape index (κ1) is 13.8. The van der Waals surface area contributed by atoms with E-state index >= 15 is 0 Å². The maximum atomic E-state index is 5.68. The normalized spacial score (nSPS) is 11.6. The summed E-state index contributed by atoms with van der Waals surface area (Å²) < 4.78 is 16.8. The molecule has 84 valence electrons. The van der Waals surface area contributed by atoms with Crippen LogP contribution in [0.1, 0.15) is 33.6 Å². The monoisotopic (exact) mass is 218 g/mol. The van der Waals surface area contributed by atoms with Gasteiger partial charge in [-0.2, -0.15) is 0 Å². The average molecular weight is 218 g/mol. The van der Waals surface area contributed by atoms with E-state index in [0.717, 1.165) is 12.8 Å². The second kappa shape index (κ2) is 8.17. The van der Waals surface area contributed by atoms with Crippen molar-refractivity contribution in [1.29, 1.82) is 0 Å². The van der Waals surface area contributed by atoms with Gasteiger partial charge in [0.05, 0.1) is 0 Å². The topological polar surface area (TPSA) is 27.7 Å². The zero-order valence-corrected chi connectivity index (χ0v) is 10.5. The van der Waals surface area contributed by atoms with Gasteiger partial charge in [0.25, 0.3) is 0 Å². The van der Waals surface area contributed by atoms with Crippen LogP contribution in [-0.2, 0) is 13.3 Å². The molecule has 0 radical (unpaired) electrons. The lowest BCUT2D eigenvalue weighted by atomic mass is 10.4. The van der Waals surface area contributed by atoms with Crippen molar-refractivity contribution in [2.45, 2.75) is 33.6 Å². The second-order valence-corrected chi connectivity index (χ2v) is 5.36. The molecule has 0 heterocycles. The highest BCUT2D eigenvalue weighted by atomic mass is 28.4. The van der Waals surface area contributed by atoms with Crippen LogP contribution < -0.4 is 0 Å². The van der Waals surface area contributed by atoms with Crippen molar-refractivity contribution < 1.29 is 13.3 Å². The van der Waals surface area contributed by atoms with Gasteiger partial charge in [-0.1, -0.05) is 19.9 Å². The van der Waals surface area contributed by atoms with Crippen LogP contribution in [0, 0.1) is 0 Å². The van der Waals surface area contributed by atoms with Crippen LogP contribution in [0.25, 0.3) is 0 Å². The first-order valence-electron chi connectivity index (χ1n) is 5.30. The minimum absolute atomic E-state index is 0.602. The van der Waals surface area contributed by atoms with E-state index < -0.39 is 8.80 Å². The molecule has 0 unspecified atom stereocenters. The lowest BCUT2D eigenvalue weighted by molar-refractivity contribution is 0.0788. The Balaban J connectivity index is 4.10. The summed E-state index contributed by atoms with van der Waals surface area (Å²) in [6, 6.07) is 0. The van der Waals surface area contributed by atoms with Crippen LogP contribution >= 0.6 is 0 Å². The van der Waals surface area contributed by atoms with Gasteiger partial charge in [-0.15, -0.1) is 0 Å². The molecule has 0 aromatic heterocycles. The molecule has 0 aliphatic heterocycles. The lowest BCUT2D eigenvalue weighted by Gasteiger charge is -2.25. The molecule has 0 atom stereocenters. The van der Waals surface area contributed by atoms with Gasteiger partial charge in [-0.3, -0.25) is 0 Å². The predicted octanol–water partition coefficient (Wildman–Crippen LogP) is 2.54. The summed E-state index contributed by atoms with van der Waals surface area (Å²) in [5.41, 5.74) is 1.70. The molecular formula is C10H22O3Si. The third-order valence-electron chi connectivity index (χ3n) is 1.74. The van der Waals surface area contributed by atoms with Gasteiger partial charge in [0, 0.05) is 19.8 Å². The molecule has 0 saturated heterocycles. The van der Waals surface area contributed by atoms with Crippen molar-refractivity contribution in [3.8, 4) is 0 Å². The summed E-state index contributed by atoms with van der Waals surface area (Å²) >= 11 is 0. The molecule has 0 rings (SSSR count). The van der Waals surface area contributed by atoms with Gasteiger partial charge in [0.2, 0.25) is 0 Å². The summed E-state index contributed by atoms with van der Waals surface area (Å²) in [4.78, 5) is 0. The highest BCUT2D eigenvalue weighted by Gasteiger charge is 2.36. The Morgan fingerprint density at radius 1 is 1.07 bits per heavy atom. The molecule has 0 N–H and O–H groups in total. The quantitative estimate of drug-likeness (QED) is 0.440. The van der Waals surface area contributed by atoms with Crippen LogP contribution in [0.5, 0.6) is 0 Å². The minimum Gasteiger partial charge on any atom is -0.371 e. The molecule has 0 aromatic carbocycles. The lowest BCUT2D eigenvalue weighted by Crippen LogP contribution is -2.44. The number of rotatable bonds is 9. The van der Waals surface area contributed by atoms with Crippen molar-refractivity contribution in [3.63, 3.8) is 0 Å². The summed E-state index contributed by atoms with van der Waals surface area (Å²) in [7, 11) is -2.54. The minimum atomic E-state index is -2.54. The summed E-state index contributed by atoms with van der Waals surface area (Å²) in [5.74, 6) is 0. The van der Waals surface area contributed by atoms with Crippen LogP contribution in [0.2, 0.25) is 0 Å². The van der Waals surface area contributed by atoms with Gasteiger partial charge in [0.15, 0.2) is 0 Å². The molecule has 0 aliphatic carbocycles. The van der Waals surface area contributed by atoms with E-state index in [1.165, 1.54) is 0 Å². The standard InChI is InChI=1S/C10H22O3Si/c1-5-9-10-13-14(8-4,11-6-2)12-7-3/h8H,4-7,9-10H2,1-3H3. The maximum Gasteiger partial charge on any atom is 0.528 e. The molecule has 0 aliphatic rings. The Labute approximate surface area is 88.4 Å². The Bertz CT molecular complexity index is 144. The van der Waals surface area contributed by atoms with Crippen molar-refractivity contribution in [1.82, 2.24) is 0 Å². The largest absolute Gasteiger partial charge is 0.528 e. The molecule has 3 nitrogen and oxygen atoms in total. The van der Waals surface area contributed by atoms with Gasteiger partial charge >= 0.3 is 8.80 Å². The van der Waals surface area contributed by atoms with E-state index in [2.05, 4.69) is 13.5 Å². The third-order valence-corrected chi connectivity index (χ3v) is 4.23. The Morgan fingerprint density at radius 3 is 2.00 bits per heavy atom. The van der Waals surface area contributed by atoms with E-state index in [1.54, 1.807) is 5.70 Å². The van der Waals surface area contributed by atoms with Crippen molar-refractivity contribution in [3.05, 3.63) is 12.3 Å². The van der Waals surface area contributed by atoms with Crippen LogP contribution in [-0.4, -0.2) is 28.6 Å². The first-order valence-corrected chi connectivity index (χ1v) is 7.10. The third kappa shape index (κ3) is 4.90. The highest BCUT2D eigenvalue weighted by molar-refractivity contribution is 6.66. The first-order chi connectivity index (χ1) is 6.74. The van der Waals surface area contributed by atoms with E-state index in [4.69, 9.17) is 13.3 Å². The summed E-state index contributed by atoms with van der Waals surface area (Å²) in [5, 5.41) is 0. The molecular weight excluding hydrogens is 196 g/mol. The Morgan fingerprint density at radius 2 is 1.64 bits per heavy atom. The Hall–Kier alpha value is -0.163. The number of hydrogen-bond acceptors (Lipinski definition) is 3. The van der Waals surface area contributed by atoms with E-state index in [1.807, 2.05) is 13.8 Å². The number of hydrogen-bond donors (Lipinski definition) is 0. The van der Waals surface area contributed by atoms with Gasteiger partial charge in [-0.05, 0) is 26.0 Å². The SMILES string of the molecule is C=C[Si](OCC)(OCC)OCCCC. The zero-order valence-electron chi connectivity index (χ0n) is 9.54. The van der Waals surface area contributed by atoms with Gasteiger partial charge in [0.1, 0.15) is 0 Å². The Kier molecular flexibility index (Phi) is 8.08. The van der Waals surface area contributed by atoms with E-state index in [0.29, 0.717) is 19.8 Å². The van der Waals surface area contributed by atoms with Crippen molar-refractivity contribution in [2.24, 2.45) is 0 Å². The van der Waals surface area contributed by atoms with Crippen LogP contribution in [0.3, 0.4) is 0 Å². The van der Waals surface area contributed by atoms with Gasteiger partial charge < -0.3 is 13.3 Å². The van der Waals surface area contributed by atoms with Crippen LogP contribution in [0.4, 0.5) is 0 Å². The molecule has 0 bridgehead atoms. The van der Waals surface area contributed by atoms with Gasteiger partial charge in [-0.25, -0.2) is 0 Å². The second-order valence-electron chi connectivity index (χ2n) is 2.88. The fourth-order valence-electron chi connectivity index (χ4n) is 1.06. The smallest absolute Gasteiger partial charge is 0.371 e. The zero-order chi connectivity index (χ0) is 10.9. The average Bonchev–Trinajstić information content (AvgIpc) is 2.19. The highest BCUT2D eigenvalue weighted by Crippen LogP contribution is 2.11. The predicted molar refractivity (Wildman–Crippen MR) is 60.1 cm³/mol. The van der Waals surface area contributed by atoms with Crippen molar-refractivity contribution >= 4 is 8.80 Å². The molecule has 0 saturated carbocycles. The summed E-state index contributed by atoms with van der Waals surface area (Å²) in [6.07, 6.45) is 2.14. The molecule has 0 aromatic rings. The molecule has 4 heteroatoms. The van der Waals surface area contributed by atoms with Crippen LogP contribution in [0.15, 0.2) is 12.3 Å². The number of unbranched alkanes of at least 4 members (excludes halogenated alkanes) is 1. The van der Waals surface area contributed by atoms with Crippen molar-refractivity contribution in [2.75, 3.05) is 19.8 Å². The fourth-order valence-corrected chi connectivity index (χ4v) is 2.90. The maximum absolute atomic E-state index is 5.68. The molecule has 0 amide bonds. The van der Waals surface area contributed by atoms with E-state index in [9.17, 15) is 0 Å². The fraction of sp³-hybridized carbons (Fsp3) is 0.800. The summed E-state index contributed by atoms with van der Waals surface area (Å²) in [6.45, 7) is 11.6. The molecule has 0 spiro atoms. The molecule has 0 fully saturated rings. The van der Waals surface area contributed by atoms with E-state index in [-0.39, 0.29) is 0 Å². The molecule has 14 heavy (non-hydrogen) atoms.